The van der Waals surface area contributed by atoms with E-state index >= 15 is 0 Å². The van der Waals surface area contributed by atoms with Crippen molar-refractivity contribution in [2.75, 3.05) is 0 Å². The van der Waals surface area contributed by atoms with Crippen LogP contribution in [0.2, 0.25) is 5.02 Å². The molecule has 77 valence electrons. The Labute approximate surface area is 98.1 Å². The summed E-state index contributed by atoms with van der Waals surface area (Å²) in [5.41, 5.74) is 1.12. The third-order valence-corrected chi connectivity index (χ3v) is 2.72. The van der Waals surface area contributed by atoms with E-state index in [1.807, 2.05) is 47.2 Å². The number of pyridine rings is 1. The fourth-order valence-electron chi connectivity index (χ4n) is 1.73. The first-order valence-electron chi connectivity index (χ1n) is 4.94. The maximum absolute atomic E-state index is 5.81. The van der Waals surface area contributed by atoms with Gasteiger partial charge in [0.1, 0.15) is 5.82 Å². The lowest BCUT2D eigenvalue weighted by atomic mass is 10.2. The number of benzene rings is 1. The van der Waals surface area contributed by atoms with Gasteiger partial charge in [-0.3, -0.25) is 0 Å². The second-order valence-corrected chi connectivity index (χ2v) is 3.94. The molecule has 0 bridgehead atoms. The Morgan fingerprint density at radius 3 is 2.94 bits per heavy atom. The summed E-state index contributed by atoms with van der Waals surface area (Å²) in [6.07, 6.45) is 3.65. The number of hydrogen-bond donors (Lipinski definition) is 0. The molecule has 0 N–H and O–H groups in total. The molecular formula is C13H8ClN2. The van der Waals surface area contributed by atoms with Crippen molar-refractivity contribution in [2.45, 2.75) is 0 Å². The van der Waals surface area contributed by atoms with Crippen molar-refractivity contribution in [3.63, 3.8) is 0 Å². The summed E-state index contributed by atoms with van der Waals surface area (Å²) in [5, 5.41) is 1.80. The molecule has 3 heteroatoms. The van der Waals surface area contributed by atoms with E-state index in [0.29, 0.717) is 5.02 Å². The highest BCUT2D eigenvalue weighted by Crippen LogP contribution is 2.19. The molecule has 3 rings (SSSR count). The van der Waals surface area contributed by atoms with Gasteiger partial charge in [0.05, 0.1) is 10.5 Å². The lowest BCUT2D eigenvalue weighted by molar-refractivity contribution is 1.04. The molecule has 0 spiro atoms. The van der Waals surface area contributed by atoms with Gasteiger partial charge in [0.25, 0.3) is 0 Å². The van der Waals surface area contributed by atoms with Crippen molar-refractivity contribution < 1.29 is 0 Å². The number of fused-ring (bicyclic) bond motifs is 1. The standard InChI is InChI=1S/C13H8ClN2/c14-11-5-6-13(15-9-11)16-8-7-10-3-1-2-4-12(10)16/h2-9H. The first-order valence-corrected chi connectivity index (χ1v) is 5.31. The van der Waals surface area contributed by atoms with E-state index in [1.165, 1.54) is 0 Å². The molecule has 0 atom stereocenters. The third-order valence-electron chi connectivity index (χ3n) is 2.49. The van der Waals surface area contributed by atoms with Gasteiger partial charge < -0.3 is 4.57 Å². The van der Waals surface area contributed by atoms with Crippen molar-refractivity contribution in [1.82, 2.24) is 9.55 Å². The minimum atomic E-state index is 0.647. The summed E-state index contributed by atoms with van der Waals surface area (Å²) in [7, 11) is 0. The van der Waals surface area contributed by atoms with Gasteiger partial charge in [0.2, 0.25) is 0 Å². The van der Waals surface area contributed by atoms with Crippen LogP contribution in [0.4, 0.5) is 0 Å². The van der Waals surface area contributed by atoms with Crippen LogP contribution >= 0.6 is 11.6 Å². The Morgan fingerprint density at radius 1 is 1.19 bits per heavy atom. The Kier molecular flexibility index (Phi) is 2.15. The minimum Gasteiger partial charge on any atom is -0.301 e. The van der Waals surface area contributed by atoms with E-state index in [9.17, 15) is 0 Å². The summed E-state index contributed by atoms with van der Waals surface area (Å²) in [6.45, 7) is 0. The zero-order valence-electron chi connectivity index (χ0n) is 8.39. The van der Waals surface area contributed by atoms with Crippen molar-refractivity contribution in [1.29, 1.82) is 0 Å². The predicted molar refractivity (Wildman–Crippen MR) is 64.9 cm³/mol. The van der Waals surface area contributed by atoms with E-state index in [2.05, 4.69) is 11.1 Å². The van der Waals surface area contributed by atoms with Gasteiger partial charge in [-0.25, -0.2) is 4.98 Å². The number of aromatic nitrogens is 2. The molecule has 0 aliphatic heterocycles. The maximum atomic E-state index is 5.81. The number of rotatable bonds is 1. The first kappa shape index (κ1) is 9.43. The highest BCUT2D eigenvalue weighted by molar-refractivity contribution is 6.30. The van der Waals surface area contributed by atoms with E-state index in [0.717, 1.165) is 16.7 Å². The average Bonchev–Trinajstić information content (AvgIpc) is 2.74. The van der Waals surface area contributed by atoms with Crippen molar-refractivity contribution >= 4 is 22.5 Å². The van der Waals surface area contributed by atoms with Crippen LogP contribution in [0.1, 0.15) is 0 Å². The molecule has 16 heavy (non-hydrogen) atoms. The minimum absolute atomic E-state index is 0.647. The molecule has 2 nitrogen and oxygen atoms in total. The highest BCUT2D eigenvalue weighted by Gasteiger charge is 2.02. The van der Waals surface area contributed by atoms with E-state index < -0.39 is 0 Å². The van der Waals surface area contributed by atoms with Crippen molar-refractivity contribution in [3.8, 4) is 5.82 Å². The largest absolute Gasteiger partial charge is 0.301 e. The molecule has 0 unspecified atom stereocenters. The van der Waals surface area contributed by atoms with Crippen LogP contribution < -0.4 is 0 Å². The van der Waals surface area contributed by atoms with Gasteiger partial charge >= 0.3 is 0 Å². The fraction of sp³-hybridized carbons (Fsp3) is 0. The first-order chi connectivity index (χ1) is 7.84. The lowest BCUT2D eigenvalue weighted by Gasteiger charge is -2.03. The predicted octanol–water partition coefficient (Wildman–Crippen LogP) is 3.48. The summed E-state index contributed by atoms with van der Waals surface area (Å²) in [6, 6.07) is 14.7. The van der Waals surface area contributed by atoms with E-state index in [1.54, 1.807) is 6.20 Å². The molecule has 0 saturated heterocycles. The molecule has 1 radical (unpaired) electrons. The van der Waals surface area contributed by atoms with Gasteiger partial charge in [-0.15, -0.1) is 0 Å². The van der Waals surface area contributed by atoms with Crippen molar-refractivity contribution in [2.24, 2.45) is 0 Å². The van der Waals surface area contributed by atoms with E-state index in [-0.39, 0.29) is 0 Å². The summed E-state index contributed by atoms with van der Waals surface area (Å²) >= 11 is 5.81. The normalized spacial score (nSPS) is 10.8. The van der Waals surface area contributed by atoms with Crippen LogP contribution in [0.3, 0.4) is 0 Å². The molecule has 0 aliphatic rings. The Hall–Kier alpha value is -1.80. The van der Waals surface area contributed by atoms with Crippen LogP contribution in [0.25, 0.3) is 16.7 Å². The van der Waals surface area contributed by atoms with Crippen LogP contribution in [-0.2, 0) is 0 Å². The monoisotopic (exact) mass is 227 g/mol. The van der Waals surface area contributed by atoms with Gasteiger partial charge in [0, 0.05) is 17.8 Å². The number of nitrogens with zero attached hydrogens (tertiary/aromatic N) is 2. The zero-order valence-corrected chi connectivity index (χ0v) is 9.15. The molecule has 0 fully saturated rings. The van der Waals surface area contributed by atoms with E-state index in [4.69, 9.17) is 11.6 Å². The Bertz CT molecular complexity index is 626. The second kappa shape index (κ2) is 3.65. The van der Waals surface area contributed by atoms with Crippen LogP contribution in [-0.4, -0.2) is 9.55 Å². The van der Waals surface area contributed by atoms with Crippen LogP contribution in [0, 0.1) is 6.07 Å². The van der Waals surface area contributed by atoms with Crippen LogP contribution in [0.15, 0.2) is 48.8 Å². The molecule has 1 aromatic carbocycles. The quantitative estimate of drug-likeness (QED) is 0.622. The molecular weight excluding hydrogens is 220 g/mol. The molecule has 0 saturated carbocycles. The number of hydrogen-bond acceptors (Lipinski definition) is 1. The maximum Gasteiger partial charge on any atom is 0.137 e. The summed E-state index contributed by atoms with van der Waals surface area (Å²) < 4.78 is 2.03. The molecule has 0 amide bonds. The average molecular weight is 228 g/mol. The Balaban J connectivity index is 2.22. The SMILES string of the molecule is Clc1ccc(-n2ccc3c[c]ccc32)nc1. The van der Waals surface area contributed by atoms with Crippen LogP contribution in [0.5, 0.6) is 0 Å². The summed E-state index contributed by atoms with van der Waals surface area (Å²) in [5.74, 6) is 0.866. The topological polar surface area (TPSA) is 17.8 Å². The Morgan fingerprint density at radius 2 is 2.12 bits per heavy atom. The van der Waals surface area contributed by atoms with Crippen molar-refractivity contribution in [3.05, 3.63) is 59.9 Å². The highest BCUT2D eigenvalue weighted by atomic mass is 35.5. The molecule has 0 aliphatic carbocycles. The third kappa shape index (κ3) is 1.48. The molecule has 2 aromatic heterocycles. The number of halogens is 1. The zero-order chi connectivity index (χ0) is 11.0. The van der Waals surface area contributed by atoms with Gasteiger partial charge in [-0.1, -0.05) is 17.7 Å². The lowest BCUT2D eigenvalue weighted by Crippen LogP contribution is -1.94. The molecule has 3 aromatic rings. The molecule has 2 heterocycles. The second-order valence-electron chi connectivity index (χ2n) is 3.51. The van der Waals surface area contributed by atoms with Gasteiger partial charge in [-0.2, -0.15) is 0 Å². The fourth-order valence-corrected chi connectivity index (χ4v) is 1.85. The smallest absolute Gasteiger partial charge is 0.137 e. The summed E-state index contributed by atoms with van der Waals surface area (Å²) in [4.78, 5) is 4.29. The van der Waals surface area contributed by atoms with Gasteiger partial charge in [0.15, 0.2) is 0 Å². The van der Waals surface area contributed by atoms with Gasteiger partial charge in [-0.05, 0) is 36.4 Å².